The number of aryl methyl sites for hydroxylation is 1. The number of aromatic nitrogens is 4. The summed E-state index contributed by atoms with van der Waals surface area (Å²) in [5, 5.41) is 16.6. The van der Waals surface area contributed by atoms with Crippen LogP contribution in [0.15, 0.2) is 29.2 Å². The molecule has 2 aromatic rings. The van der Waals surface area contributed by atoms with E-state index in [0.717, 1.165) is 4.68 Å². The number of rotatable bonds is 3. The van der Waals surface area contributed by atoms with Crippen molar-refractivity contribution < 1.29 is 9.90 Å². The standard InChI is InChI=1S/C10H10N4O3/c1-13-5-4-7(11-13)6-14-9(15)3-2-8(12-14)10(16)17/h2-5H,6H2,1H3,(H,16,17). The molecule has 0 fully saturated rings. The van der Waals surface area contributed by atoms with E-state index >= 15 is 0 Å². The minimum Gasteiger partial charge on any atom is -0.476 e. The van der Waals surface area contributed by atoms with Crippen LogP contribution in [0.1, 0.15) is 16.2 Å². The van der Waals surface area contributed by atoms with Gasteiger partial charge in [-0.15, -0.1) is 0 Å². The smallest absolute Gasteiger partial charge is 0.356 e. The molecular weight excluding hydrogens is 224 g/mol. The number of hydrogen-bond acceptors (Lipinski definition) is 4. The van der Waals surface area contributed by atoms with E-state index < -0.39 is 5.97 Å². The van der Waals surface area contributed by atoms with Crippen LogP contribution in [0, 0.1) is 0 Å². The van der Waals surface area contributed by atoms with Crippen LogP contribution in [0.2, 0.25) is 0 Å². The van der Waals surface area contributed by atoms with Gasteiger partial charge in [-0.05, 0) is 12.1 Å². The van der Waals surface area contributed by atoms with Gasteiger partial charge in [-0.25, -0.2) is 9.48 Å². The first-order valence-corrected chi connectivity index (χ1v) is 4.86. The van der Waals surface area contributed by atoms with Crippen LogP contribution < -0.4 is 5.56 Å². The number of carboxylic acids is 1. The Balaban J connectivity index is 2.35. The SMILES string of the molecule is Cn1ccc(Cn2nc(C(=O)O)ccc2=O)n1. The van der Waals surface area contributed by atoms with Gasteiger partial charge in [0.05, 0.1) is 12.2 Å². The fraction of sp³-hybridized carbons (Fsp3) is 0.200. The van der Waals surface area contributed by atoms with Crippen LogP contribution in [-0.4, -0.2) is 30.6 Å². The third-order valence-corrected chi connectivity index (χ3v) is 2.17. The predicted molar refractivity (Wildman–Crippen MR) is 57.8 cm³/mol. The van der Waals surface area contributed by atoms with Crippen molar-refractivity contribution in [3.63, 3.8) is 0 Å². The molecule has 2 heterocycles. The molecule has 0 unspecified atom stereocenters. The second-order valence-corrected chi connectivity index (χ2v) is 3.50. The largest absolute Gasteiger partial charge is 0.476 e. The highest BCUT2D eigenvalue weighted by atomic mass is 16.4. The monoisotopic (exact) mass is 234 g/mol. The molecular formula is C10H10N4O3. The number of aromatic carboxylic acids is 1. The molecule has 1 N–H and O–H groups in total. The number of carbonyl (C=O) groups is 1. The zero-order valence-corrected chi connectivity index (χ0v) is 9.07. The highest BCUT2D eigenvalue weighted by molar-refractivity contribution is 5.84. The number of carboxylic acid groups (broad SMARTS) is 1. The Morgan fingerprint density at radius 3 is 2.71 bits per heavy atom. The van der Waals surface area contributed by atoms with Gasteiger partial charge in [-0.3, -0.25) is 9.48 Å². The molecule has 7 heteroatoms. The van der Waals surface area contributed by atoms with Gasteiger partial charge in [0.25, 0.3) is 5.56 Å². The molecule has 0 spiro atoms. The van der Waals surface area contributed by atoms with Crippen LogP contribution in [0.3, 0.4) is 0 Å². The van der Waals surface area contributed by atoms with Crippen LogP contribution in [0.25, 0.3) is 0 Å². The molecule has 0 saturated carbocycles. The highest BCUT2D eigenvalue weighted by Crippen LogP contribution is 1.97. The molecule has 7 nitrogen and oxygen atoms in total. The lowest BCUT2D eigenvalue weighted by Gasteiger charge is -2.02. The van der Waals surface area contributed by atoms with E-state index in [-0.39, 0.29) is 17.8 Å². The van der Waals surface area contributed by atoms with E-state index in [1.807, 2.05) is 0 Å². The predicted octanol–water partition coefficient (Wildman–Crippen LogP) is -0.277. The molecule has 0 aliphatic carbocycles. The van der Waals surface area contributed by atoms with Gasteiger partial charge in [-0.2, -0.15) is 10.2 Å². The molecule has 0 saturated heterocycles. The summed E-state index contributed by atoms with van der Waals surface area (Å²) in [6, 6.07) is 4.10. The topological polar surface area (TPSA) is 90.0 Å². The summed E-state index contributed by atoms with van der Waals surface area (Å²) in [5.74, 6) is -1.17. The van der Waals surface area contributed by atoms with Crippen molar-refractivity contribution in [1.82, 2.24) is 19.6 Å². The summed E-state index contributed by atoms with van der Waals surface area (Å²) < 4.78 is 2.67. The molecule has 17 heavy (non-hydrogen) atoms. The molecule has 0 aliphatic rings. The van der Waals surface area contributed by atoms with Crippen LogP contribution in [0.5, 0.6) is 0 Å². The van der Waals surface area contributed by atoms with Crippen LogP contribution in [0.4, 0.5) is 0 Å². The van der Waals surface area contributed by atoms with Gasteiger partial charge in [0.1, 0.15) is 0 Å². The van der Waals surface area contributed by atoms with Gasteiger partial charge in [0, 0.05) is 19.3 Å². The Morgan fingerprint density at radius 2 is 2.12 bits per heavy atom. The lowest BCUT2D eigenvalue weighted by Crippen LogP contribution is -2.25. The normalized spacial score (nSPS) is 10.4. The average Bonchev–Trinajstić information content (AvgIpc) is 2.67. The van der Waals surface area contributed by atoms with Crippen molar-refractivity contribution in [2.24, 2.45) is 7.05 Å². The Kier molecular flexibility index (Phi) is 2.73. The van der Waals surface area contributed by atoms with Gasteiger partial charge in [0.15, 0.2) is 5.69 Å². The quantitative estimate of drug-likeness (QED) is 0.789. The van der Waals surface area contributed by atoms with E-state index in [1.165, 1.54) is 12.1 Å². The lowest BCUT2D eigenvalue weighted by molar-refractivity contribution is 0.0687. The highest BCUT2D eigenvalue weighted by Gasteiger charge is 2.08. The summed E-state index contributed by atoms with van der Waals surface area (Å²) >= 11 is 0. The van der Waals surface area contributed by atoms with Crippen molar-refractivity contribution in [3.05, 3.63) is 46.1 Å². The molecule has 0 atom stereocenters. The average molecular weight is 234 g/mol. The molecule has 2 aromatic heterocycles. The van der Waals surface area contributed by atoms with E-state index in [1.54, 1.807) is 24.0 Å². The summed E-state index contributed by atoms with van der Waals surface area (Å²) in [4.78, 5) is 22.2. The van der Waals surface area contributed by atoms with Crippen molar-refractivity contribution in [2.45, 2.75) is 6.54 Å². The van der Waals surface area contributed by atoms with Crippen molar-refractivity contribution in [1.29, 1.82) is 0 Å². The van der Waals surface area contributed by atoms with Crippen molar-refractivity contribution in [2.75, 3.05) is 0 Å². The Bertz CT molecular complexity index is 614. The summed E-state index contributed by atoms with van der Waals surface area (Å²) in [7, 11) is 1.76. The third-order valence-electron chi connectivity index (χ3n) is 2.17. The fourth-order valence-corrected chi connectivity index (χ4v) is 1.38. The Hall–Kier alpha value is -2.44. The maximum absolute atomic E-state index is 11.5. The summed E-state index contributed by atoms with van der Waals surface area (Å²) in [6.45, 7) is 0.154. The van der Waals surface area contributed by atoms with E-state index in [2.05, 4.69) is 10.2 Å². The zero-order valence-electron chi connectivity index (χ0n) is 9.07. The Morgan fingerprint density at radius 1 is 1.35 bits per heavy atom. The minimum atomic E-state index is -1.17. The van der Waals surface area contributed by atoms with Crippen LogP contribution >= 0.6 is 0 Å². The molecule has 0 bridgehead atoms. The first kappa shape index (κ1) is 11.1. The molecule has 2 rings (SSSR count). The first-order valence-electron chi connectivity index (χ1n) is 4.86. The summed E-state index contributed by atoms with van der Waals surface area (Å²) in [5.41, 5.74) is 0.117. The molecule has 0 aromatic carbocycles. The number of nitrogens with zero attached hydrogens (tertiary/aromatic N) is 4. The Labute approximate surface area is 95.9 Å². The molecule has 0 radical (unpaired) electrons. The van der Waals surface area contributed by atoms with Gasteiger partial charge >= 0.3 is 5.97 Å². The first-order chi connectivity index (χ1) is 8.06. The maximum atomic E-state index is 11.5. The van der Waals surface area contributed by atoms with Gasteiger partial charge < -0.3 is 5.11 Å². The molecule has 0 amide bonds. The second-order valence-electron chi connectivity index (χ2n) is 3.50. The van der Waals surface area contributed by atoms with Crippen LogP contribution in [-0.2, 0) is 13.6 Å². The maximum Gasteiger partial charge on any atom is 0.356 e. The van der Waals surface area contributed by atoms with Gasteiger partial charge in [-0.1, -0.05) is 0 Å². The third kappa shape index (κ3) is 2.39. The van der Waals surface area contributed by atoms with E-state index in [9.17, 15) is 9.59 Å². The second kappa shape index (κ2) is 4.20. The van der Waals surface area contributed by atoms with E-state index in [0.29, 0.717) is 5.69 Å². The minimum absolute atomic E-state index is 0.154. The zero-order chi connectivity index (χ0) is 12.4. The molecule has 88 valence electrons. The van der Waals surface area contributed by atoms with Crippen molar-refractivity contribution >= 4 is 5.97 Å². The number of hydrogen-bond donors (Lipinski definition) is 1. The van der Waals surface area contributed by atoms with E-state index in [4.69, 9.17) is 5.11 Å². The summed E-state index contributed by atoms with van der Waals surface area (Å²) in [6.07, 6.45) is 1.74. The van der Waals surface area contributed by atoms with Crippen molar-refractivity contribution in [3.8, 4) is 0 Å². The molecule has 0 aliphatic heterocycles. The lowest BCUT2D eigenvalue weighted by atomic mass is 10.4. The fourth-order valence-electron chi connectivity index (χ4n) is 1.38. The van der Waals surface area contributed by atoms with Gasteiger partial charge in [0.2, 0.25) is 0 Å².